The number of anilines is 1. The van der Waals surface area contributed by atoms with Gasteiger partial charge in [0.25, 0.3) is 0 Å². The lowest BCUT2D eigenvalue weighted by molar-refractivity contribution is -0.130. The SMILES string of the molecule is CCNc1ccnc(CN2CCCN(C)C(=O)C2)c1. The average molecular weight is 262 g/mol. The number of pyridine rings is 1. The van der Waals surface area contributed by atoms with Crippen molar-refractivity contribution in [1.29, 1.82) is 0 Å². The Labute approximate surface area is 114 Å². The Balaban J connectivity index is 1.99. The molecule has 0 bridgehead atoms. The van der Waals surface area contributed by atoms with Gasteiger partial charge in [0, 0.05) is 45.1 Å². The Bertz CT molecular complexity index is 435. The normalized spacial score (nSPS) is 17.4. The third-order valence-electron chi connectivity index (χ3n) is 3.34. The lowest BCUT2D eigenvalue weighted by Gasteiger charge is -2.19. The quantitative estimate of drug-likeness (QED) is 0.885. The number of amides is 1. The molecule has 1 fully saturated rings. The van der Waals surface area contributed by atoms with Crippen molar-refractivity contribution in [3.05, 3.63) is 24.0 Å². The van der Waals surface area contributed by atoms with Crippen LogP contribution in [0.3, 0.4) is 0 Å². The summed E-state index contributed by atoms with van der Waals surface area (Å²) in [6.07, 6.45) is 2.84. The maximum Gasteiger partial charge on any atom is 0.236 e. The van der Waals surface area contributed by atoms with Gasteiger partial charge in [0.05, 0.1) is 12.2 Å². The molecule has 0 unspecified atom stereocenters. The van der Waals surface area contributed by atoms with E-state index in [2.05, 4.69) is 28.2 Å². The molecule has 0 spiro atoms. The second kappa shape index (κ2) is 6.52. The molecule has 104 valence electrons. The molecule has 1 amide bonds. The summed E-state index contributed by atoms with van der Waals surface area (Å²) >= 11 is 0. The Morgan fingerprint density at radius 3 is 3.05 bits per heavy atom. The predicted molar refractivity (Wildman–Crippen MR) is 75.9 cm³/mol. The van der Waals surface area contributed by atoms with E-state index in [0.29, 0.717) is 6.54 Å². The standard InChI is InChI=1S/C14H22N4O/c1-3-15-12-5-6-16-13(9-12)10-18-8-4-7-17(2)14(19)11-18/h5-6,9H,3-4,7-8,10-11H2,1-2H3,(H,15,16). The van der Waals surface area contributed by atoms with Gasteiger partial charge in [0.2, 0.25) is 5.91 Å². The number of carbonyl (C=O) groups is 1. The van der Waals surface area contributed by atoms with Crippen LogP contribution in [0, 0.1) is 0 Å². The molecule has 5 heteroatoms. The van der Waals surface area contributed by atoms with E-state index in [9.17, 15) is 4.79 Å². The maximum absolute atomic E-state index is 11.8. The van der Waals surface area contributed by atoms with Gasteiger partial charge in [-0.1, -0.05) is 0 Å². The minimum Gasteiger partial charge on any atom is -0.385 e. The number of hydrogen-bond donors (Lipinski definition) is 1. The number of likely N-dealkylation sites (N-methyl/N-ethyl adjacent to an activating group) is 1. The summed E-state index contributed by atoms with van der Waals surface area (Å²) in [7, 11) is 1.87. The molecular formula is C14H22N4O. The molecule has 2 rings (SSSR count). The van der Waals surface area contributed by atoms with Gasteiger partial charge in [-0.05, 0) is 25.5 Å². The maximum atomic E-state index is 11.8. The molecule has 1 aliphatic heterocycles. The molecular weight excluding hydrogens is 240 g/mol. The Morgan fingerprint density at radius 2 is 2.26 bits per heavy atom. The van der Waals surface area contributed by atoms with E-state index >= 15 is 0 Å². The van der Waals surface area contributed by atoms with Gasteiger partial charge in [-0.25, -0.2) is 0 Å². The summed E-state index contributed by atoms with van der Waals surface area (Å²) in [5, 5.41) is 3.28. The van der Waals surface area contributed by atoms with Gasteiger partial charge in [-0.2, -0.15) is 0 Å². The third kappa shape index (κ3) is 3.92. The fourth-order valence-electron chi connectivity index (χ4n) is 2.29. The molecule has 2 heterocycles. The van der Waals surface area contributed by atoms with Crippen LogP contribution in [0.25, 0.3) is 0 Å². The lowest BCUT2D eigenvalue weighted by Crippen LogP contribution is -2.34. The minimum absolute atomic E-state index is 0.195. The summed E-state index contributed by atoms with van der Waals surface area (Å²) in [4.78, 5) is 20.2. The summed E-state index contributed by atoms with van der Waals surface area (Å²) in [5.74, 6) is 0.195. The molecule has 0 aliphatic carbocycles. The number of hydrogen-bond acceptors (Lipinski definition) is 4. The van der Waals surface area contributed by atoms with Crippen molar-refractivity contribution < 1.29 is 4.79 Å². The molecule has 19 heavy (non-hydrogen) atoms. The Kier molecular flexibility index (Phi) is 4.74. The van der Waals surface area contributed by atoms with Gasteiger partial charge in [0.1, 0.15) is 0 Å². The first-order valence-corrected chi connectivity index (χ1v) is 6.84. The van der Waals surface area contributed by atoms with Gasteiger partial charge in [-0.15, -0.1) is 0 Å². The van der Waals surface area contributed by atoms with Crippen LogP contribution in [-0.4, -0.2) is 53.9 Å². The first-order valence-electron chi connectivity index (χ1n) is 6.84. The Morgan fingerprint density at radius 1 is 1.42 bits per heavy atom. The topological polar surface area (TPSA) is 48.5 Å². The van der Waals surface area contributed by atoms with Crippen molar-refractivity contribution in [3.8, 4) is 0 Å². The highest BCUT2D eigenvalue weighted by molar-refractivity contribution is 5.78. The minimum atomic E-state index is 0.195. The molecule has 1 aliphatic rings. The number of rotatable bonds is 4. The van der Waals surface area contributed by atoms with Gasteiger partial charge in [0.15, 0.2) is 0 Å². The highest BCUT2D eigenvalue weighted by Crippen LogP contribution is 2.11. The van der Waals surface area contributed by atoms with Crippen molar-refractivity contribution in [2.24, 2.45) is 0 Å². The van der Waals surface area contributed by atoms with E-state index in [4.69, 9.17) is 0 Å². The van der Waals surface area contributed by atoms with Crippen molar-refractivity contribution in [3.63, 3.8) is 0 Å². The van der Waals surface area contributed by atoms with Crippen LogP contribution in [0.1, 0.15) is 19.0 Å². The van der Waals surface area contributed by atoms with E-state index < -0.39 is 0 Å². The van der Waals surface area contributed by atoms with Crippen molar-refractivity contribution in [1.82, 2.24) is 14.8 Å². The zero-order valence-corrected chi connectivity index (χ0v) is 11.7. The van der Waals surface area contributed by atoms with Crippen molar-refractivity contribution in [2.45, 2.75) is 19.9 Å². The van der Waals surface area contributed by atoms with Crippen LogP contribution in [0.2, 0.25) is 0 Å². The molecule has 1 aromatic rings. The van der Waals surface area contributed by atoms with Crippen LogP contribution in [-0.2, 0) is 11.3 Å². The van der Waals surface area contributed by atoms with Gasteiger partial charge in [-0.3, -0.25) is 14.7 Å². The molecule has 5 nitrogen and oxygen atoms in total. The van der Waals surface area contributed by atoms with Crippen molar-refractivity contribution >= 4 is 11.6 Å². The molecule has 0 saturated carbocycles. The number of carbonyl (C=O) groups excluding carboxylic acids is 1. The summed E-state index contributed by atoms with van der Waals surface area (Å²) in [5.41, 5.74) is 2.10. The highest BCUT2D eigenvalue weighted by Gasteiger charge is 2.19. The second-order valence-corrected chi connectivity index (χ2v) is 4.95. The number of nitrogens with one attached hydrogen (secondary N) is 1. The predicted octanol–water partition coefficient (Wildman–Crippen LogP) is 1.18. The first kappa shape index (κ1) is 13.8. The van der Waals surface area contributed by atoms with Gasteiger partial charge < -0.3 is 10.2 Å². The molecule has 0 aromatic carbocycles. The molecule has 1 aromatic heterocycles. The van der Waals surface area contributed by atoms with E-state index in [1.165, 1.54) is 0 Å². The summed E-state index contributed by atoms with van der Waals surface area (Å²) < 4.78 is 0. The molecule has 0 radical (unpaired) electrons. The number of aromatic nitrogens is 1. The zero-order valence-electron chi connectivity index (χ0n) is 11.7. The summed E-state index contributed by atoms with van der Waals surface area (Å²) in [6.45, 7) is 5.99. The molecule has 1 N–H and O–H groups in total. The number of nitrogens with zero attached hydrogens (tertiary/aromatic N) is 3. The van der Waals surface area contributed by atoms with Crippen LogP contribution in [0.4, 0.5) is 5.69 Å². The monoisotopic (exact) mass is 262 g/mol. The summed E-state index contributed by atoms with van der Waals surface area (Å²) in [6, 6.07) is 4.02. The van der Waals surface area contributed by atoms with Crippen LogP contribution in [0.15, 0.2) is 18.3 Å². The van der Waals surface area contributed by atoms with Gasteiger partial charge >= 0.3 is 0 Å². The largest absolute Gasteiger partial charge is 0.385 e. The van der Waals surface area contributed by atoms with Crippen LogP contribution in [0.5, 0.6) is 0 Å². The average Bonchev–Trinajstić information content (AvgIpc) is 2.53. The zero-order chi connectivity index (χ0) is 13.7. The van der Waals surface area contributed by atoms with Crippen LogP contribution < -0.4 is 5.32 Å². The van der Waals surface area contributed by atoms with E-state index in [1.54, 1.807) is 0 Å². The fourth-order valence-corrected chi connectivity index (χ4v) is 2.29. The van der Waals surface area contributed by atoms with Crippen molar-refractivity contribution in [2.75, 3.05) is 38.5 Å². The second-order valence-electron chi connectivity index (χ2n) is 4.95. The fraction of sp³-hybridized carbons (Fsp3) is 0.571. The first-order chi connectivity index (χ1) is 9.19. The lowest BCUT2D eigenvalue weighted by atomic mass is 10.3. The molecule has 0 atom stereocenters. The smallest absolute Gasteiger partial charge is 0.236 e. The van der Waals surface area contributed by atoms with Crippen LogP contribution >= 0.6 is 0 Å². The van der Waals surface area contributed by atoms with E-state index in [1.807, 2.05) is 24.2 Å². The van der Waals surface area contributed by atoms with E-state index in [-0.39, 0.29) is 5.91 Å². The van der Waals surface area contributed by atoms with E-state index in [0.717, 1.165) is 44.0 Å². The third-order valence-corrected chi connectivity index (χ3v) is 3.34. The highest BCUT2D eigenvalue weighted by atomic mass is 16.2. The Hall–Kier alpha value is -1.62. The molecule has 1 saturated heterocycles.